The molecule has 0 saturated heterocycles. The molecule has 74 valence electrons. The second kappa shape index (κ2) is 4.83. The van der Waals surface area contributed by atoms with Crippen LogP contribution in [0.1, 0.15) is 41.0 Å². The zero-order valence-corrected chi connectivity index (χ0v) is 9.05. The Bertz CT molecular complexity index is 121. The van der Waals surface area contributed by atoms with Crippen LogP contribution >= 0.6 is 0 Å². The van der Waals surface area contributed by atoms with Crippen LogP contribution in [-0.2, 0) is 4.74 Å². The second-order valence-electron chi connectivity index (χ2n) is 4.33. The topological polar surface area (TPSA) is 35.2 Å². The van der Waals surface area contributed by atoms with Gasteiger partial charge in [0.1, 0.15) is 0 Å². The standard InChI is InChI=1S/C10H23NO/c1-6-10(4,5)12-7-9(11)8(2)3/h8-9H,6-7,11H2,1-5H3. The lowest BCUT2D eigenvalue weighted by molar-refractivity contribution is -0.0307. The molecule has 0 aromatic heterocycles. The Labute approximate surface area is 76.5 Å². The summed E-state index contributed by atoms with van der Waals surface area (Å²) < 4.78 is 5.68. The van der Waals surface area contributed by atoms with Gasteiger partial charge in [-0.1, -0.05) is 20.8 Å². The minimum Gasteiger partial charge on any atom is -0.374 e. The summed E-state index contributed by atoms with van der Waals surface area (Å²) in [5.41, 5.74) is 5.83. The average molecular weight is 173 g/mol. The first-order chi connectivity index (χ1) is 5.39. The fourth-order valence-corrected chi connectivity index (χ4v) is 0.616. The van der Waals surface area contributed by atoms with E-state index in [1.54, 1.807) is 0 Å². The third-order valence-electron chi connectivity index (χ3n) is 2.37. The van der Waals surface area contributed by atoms with Crippen molar-refractivity contribution in [2.75, 3.05) is 6.61 Å². The SMILES string of the molecule is CCC(C)(C)OCC(N)C(C)C. The lowest BCUT2D eigenvalue weighted by atomic mass is 10.0. The molecule has 0 fully saturated rings. The van der Waals surface area contributed by atoms with Crippen LogP contribution in [-0.4, -0.2) is 18.2 Å². The Hall–Kier alpha value is -0.0800. The van der Waals surface area contributed by atoms with Crippen molar-refractivity contribution in [3.63, 3.8) is 0 Å². The summed E-state index contributed by atoms with van der Waals surface area (Å²) in [7, 11) is 0. The van der Waals surface area contributed by atoms with E-state index in [-0.39, 0.29) is 11.6 Å². The minimum absolute atomic E-state index is 0.0213. The van der Waals surface area contributed by atoms with Gasteiger partial charge in [-0.25, -0.2) is 0 Å². The van der Waals surface area contributed by atoms with Gasteiger partial charge in [0.05, 0.1) is 12.2 Å². The molecular formula is C10H23NO. The lowest BCUT2D eigenvalue weighted by Crippen LogP contribution is -2.36. The summed E-state index contributed by atoms with van der Waals surface area (Å²) in [6, 6.07) is 0.163. The van der Waals surface area contributed by atoms with Crippen LogP contribution in [0.25, 0.3) is 0 Å². The Morgan fingerprint density at radius 3 is 2.17 bits per heavy atom. The molecule has 0 aromatic carbocycles. The van der Waals surface area contributed by atoms with Gasteiger partial charge in [-0.05, 0) is 26.2 Å². The van der Waals surface area contributed by atoms with Gasteiger partial charge in [-0.3, -0.25) is 0 Å². The largest absolute Gasteiger partial charge is 0.374 e. The average Bonchev–Trinajstić information content (AvgIpc) is 2.00. The predicted molar refractivity (Wildman–Crippen MR) is 53.1 cm³/mol. The Kier molecular flexibility index (Phi) is 4.80. The minimum atomic E-state index is -0.0213. The maximum absolute atomic E-state index is 5.85. The van der Waals surface area contributed by atoms with Crippen molar-refractivity contribution in [3.8, 4) is 0 Å². The van der Waals surface area contributed by atoms with Gasteiger partial charge in [-0.15, -0.1) is 0 Å². The third-order valence-corrected chi connectivity index (χ3v) is 2.37. The van der Waals surface area contributed by atoms with E-state index in [1.165, 1.54) is 0 Å². The number of rotatable bonds is 5. The molecule has 0 radical (unpaired) electrons. The van der Waals surface area contributed by atoms with Crippen LogP contribution in [0.4, 0.5) is 0 Å². The fourth-order valence-electron chi connectivity index (χ4n) is 0.616. The molecule has 0 aliphatic rings. The quantitative estimate of drug-likeness (QED) is 0.691. The number of hydrogen-bond acceptors (Lipinski definition) is 2. The molecule has 0 saturated carbocycles. The van der Waals surface area contributed by atoms with Crippen LogP contribution in [0, 0.1) is 5.92 Å². The molecule has 0 heterocycles. The maximum Gasteiger partial charge on any atom is 0.0627 e. The third kappa shape index (κ3) is 4.73. The van der Waals surface area contributed by atoms with Crippen LogP contribution < -0.4 is 5.73 Å². The highest BCUT2D eigenvalue weighted by atomic mass is 16.5. The Morgan fingerprint density at radius 2 is 1.83 bits per heavy atom. The van der Waals surface area contributed by atoms with Gasteiger partial charge in [0.2, 0.25) is 0 Å². The van der Waals surface area contributed by atoms with E-state index < -0.39 is 0 Å². The molecule has 2 heteroatoms. The Morgan fingerprint density at radius 1 is 1.33 bits per heavy atom. The first-order valence-corrected chi connectivity index (χ1v) is 4.78. The molecule has 0 aliphatic heterocycles. The summed E-state index contributed by atoms with van der Waals surface area (Å²) in [4.78, 5) is 0. The molecule has 0 spiro atoms. The van der Waals surface area contributed by atoms with Gasteiger partial charge in [0.25, 0.3) is 0 Å². The van der Waals surface area contributed by atoms with E-state index in [2.05, 4.69) is 34.6 Å². The fraction of sp³-hybridized carbons (Fsp3) is 1.00. The van der Waals surface area contributed by atoms with Gasteiger partial charge >= 0.3 is 0 Å². The van der Waals surface area contributed by atoms with Gasteiger partial charge in [-0.2, -0.15) is 0 Å². The smallest absolute Gasteiger partial charge is 0.0627 e. The highest BCUT2D eigenvalue weighted by Gasteiger charge is 2.17. The van der Waals surface area contributed by atoms with Crippen LogP contribution in [0.15, 0.2) is 0 Å². The van der Waals surface area contributed by atoms with Crippen molar-refractivity contribution in [1.82, 2.24) is 0 Å². The van der Waals surface area contributed by atoms with Crippen molar-refractivity contribution in [2.24, 2.45) is 11.7 Å². The van der Waals surface area contributed by atoms with Crippen molar-refractivity contribution < 1.29 is 4.74 Å². The molecule has 0 amide bonds. The van der Waals surface area contributed by atoms with Crippen molar-refractivity contribution in [1.29, 1.82) is 0 Å². The maximum atomic E-state index is 5.85. The highest BCUT2D eigenvalue weighted by Crippen LogP contribution is 2.14. The highest BCUT2D eigenvalue weighted by molar-refractivity contribution is 4.70. The van der Waals surface area contributed by atoms with E-state index in [4.69, 9.17) is 10.5 Å². The monoisotopic (exact) mass is 173 g/mol. The first-order valence-electron chi connectivity index (χ1n) is 4.78. The van der Waals surface area contributed by atoms with Crippen molar-refractivity contribution in [2.45, 2.75) is 52.7 Å². The van der Waals surface area contributed by atoms with E-state index in [9.17, 15) is 0 Å². The van der Waals surface area contributed by atoms with Crippen LogP contribution in [0.5, 0.6) is 0 Å². The van der Waals surface area contributed by atoms with Crippen molar-refractivity contribution >= 4 is 0 Å². The van der Waals surface area contributed by atoms with E-state index in [0.717, 1.165) is 6.42 Å². The molecule has 1 unspecified atom stereocenters. The molecule has 0 aromatic rings. The summed E-state index contributed by atoms with van der Waals surface area (Å²) in [5, 5.41) is 0. The molecule has 2 nitrogen and oxygen atoms in total. The predicted octanol–water partition coefficient (Wildman–Crippen LogP) is 2.17. The van der Waals surface area contributed by atoms with Crippen LogP contribution in [0.2, 0.25) is 0 Å². The second-order valence-corrected chi connectivity index (χ2v) is 4.33. The Balaban J connectivity index is 3.67. The number of hydrogen-bond donors (Lipinski definition) is 1. The molecule has 12 heavy (non-hydrogen) atoms. The molecule has 1 atom stereocenters. The summed E-state index contributed by atoms with van der Waals surface area (Å²) in [6.07, 6.45) is 1.03. The van der Waals surface area contributed by atoms with Gasteiger partial charge < -0.3 is 10.5 Å². The van der Waals surface area contributed by atoms with E-state index in [1.807, 2.05) is 0 Å². The summed E-state index contributed by atoms with van der Waals surface area (Å²) >= 11 is 0. The summed E-state index contributed by atoms with van der Waals surface area (Å²) in [5.74, 6) is 0.498. The molecule has 0 aliphatic carbocycles. The molecule has 0 bridgehead atoms. The van der Waals surface area contributed by atoms with Gasteiger partial charge in [0, 0.05) is 6.04 Å². The van der Waals surface area contributed by atoms with E-state index in [0.29, 0.717) is 12.5 Å². The van der Waals surface area contributed by atoms with Crippen molar-refractivity contribution in [3.05, 3.63) is 0 Å². The van der Waals surface area contributed by atoms with E-state index >= 15 is 0 Å². The molecule has 2 N–H and O–H groups in total. The molecule has 0 rings (SSSR count). The number of ether oxygens (including phenoxy) is 1. The molecular weight excluding hydrogens is 150 g/mol. The summed E-state index contributed by atoms with van der Waals surface area (Å²) in [6.45, 7) is 11.2. The number of nitrogens with two attached hydrogens (primary N) is 1. The zero-order chi connectivity index (χ0) is 9.78. The first kappa shape index (κ1) is 11.9. The van der Waals surface area contributed by atoms with Gasteiger partial charge in [0.15, 0.2) is 0 Å². The van der Waals surface area contributed by atoms with Crippen LogP contribution in [0.3, 0.4) is 0 Å². The lowest BCUT2D eigenvalue weighted by Gasteiger charge is -2.26. The zero-order valence-electron chi connectivity index (χ0n) is 9.05. The normalized spacial score (nSPS) is 15.2.